The Morgan fingerprint density at radius 3 is 2.61 bits per heavy atom. The molecule has 4 rings (SSSR count). The monoisotopic (exact) mass is 379 g/mol. The molecule has 7 heteroatoms. The average molecular weight is 379 g/mol. The van der Waals surface area contributed by atoms with Crippen LogP contribution in [0.4, 0.5) is 5.82 Å². The summed E-state index contributed by atoms with van der Waals surface area (Å²) in [6.07, 6.45) is 7.33. The van der Waals surface area contributed by atoms with Gasteiger partial charge in [-0.1, -0.05) is 0 Å². The van der Waals surface area contributed by atoms with E-state index in [2.05, 4.69) is 39.3 Å². The van der Waals surface area contributed by atoms with Crippen molar-refractivity contribution < 1.29 is 9.21 Å². The number of aryl methyl sites for hydroxylation is 1. The minimum Gasteiger partial charge on any atom is -0.439 e. The molecule has 1 N–H and O–H groups in total. The van der Waals surface area contributed by atoms with Crippen LogP contribution in [0, 0.1) is 12.8 Å². The van der Waals surface area contributed by atoms with E-state index in [1.165, 1.54) is 0 Å². The molecule has 1 saturated carbocycles. The second-order valence-electron chi connectivity index (χ2n) is 7.66. The van der Waals surface area contributed by atoms with Gasteiger partial charge in [-0.05, 0) is 51.9 Å². The van der Waals surface area contributed by atoms with Crippen molar-refractivity contribution in [3.05, 3.63) is 36.5 Å². The quantitative estimate of drug-likeness (QED) is 0.745. The summed E-state index contributed by atoms with van der Waals surface area (Å²) in [5.41, 5.74) is 1.46. The van der Waals surface area contributed by atoms with Crippen LogP contribution in [0.2, 0.25) is 0 Å². The molecule has 28 heavy (non-hydrogen) atoms. The smallest absolute Gasteiger partial charge is 0.228 e. The van der Waals surface area contributed by atoms with Gasteiger partial charge in [-0.2, -0.15) is 0 Å². The zero-order valence-electron chi connectivity index (χ0n) is 16.5. The van der Waals surface area contributed by atoms with Gasteiger partial charge in [0.1, 0.15) is 11.5 Å². The van der Waals surface area contributed by atoms with Gasteiger partial charge in [-0.25, -0.2) is 15.0 Å². The number of aromatic nitrogens is 3. The third-order valence-corrected chi connectivity index (χ3v) is 5.50. The first-order chi connectivity index (χ1) is 13.5. The molecule has 1 aliphatic rings. The summed E-state index contributed by atoms with van der Waals surface area (Å²) in [5, 5.41) is 3.88. The molecule has 0 aliphatic heterocycles. The highest BCUT2D eigenvalue weighted by atomic mass is 16.4. The summed E-state index contributed by atoms with van der Waals surface area (Å²) in [5.74, 6) is 1.85. The van der Waals surface area contributed by atoms with Crippen molar-refractivity contribution in [1.29, 1.82) is 0 Å². The van der Waals surface area contributed by atoms with Crippen LogP contribution in [0.3, 0.4) is 0 Å². The lowest BCUT2D eigenvalue weighted by Gasteiger charge is -2.31. The minimum absolute atomic E-state index is 0.0464. The maximum Gasteiger partial charge on any atom is 0.228 e. The molecular formula is C21H25N5O2. The molecule has 0 saturated heterocycles. The van der Waals surface area contributed by atoms with Crippen molar-refractivity contribution in [2.45, 2.75) is 38.6 Å². The van der Waals surface area contributed by atoms with Gasteiger partial charge in [0, 0.05) is 36.5 Å². The van der Waals surface area contributed by atoms with Crippen molar-refractivity contribution in [2.24, 2.45) is 5.92 Å². The molecular weight excluding hydrogens is 354 g/mol. The number of amides is 1. The largest absolute Gasteiger partial charge is 0.439 e. The lowest BCUT2D eigenvalue weighted by molar-refractivity contribution is -0.121. The van der Waals surface area contributed by atoms with Crippen LogP contribution in [0.15, 0.2) is 35.0 Å². The molecule has 1 fully saturated rings. The normalized spacial score (nSPS) is 19.9. The lowest BCUT2D eigenvalue weighted by Crippen LogP contribution is -2.35. The molecule has 1 aliphatic carbocycles. The molecule has 3 aromatic rings. The first-order valence-corrected chi connectivity index (χ1v) is 9.66. The van der Waals surface area contributed by atoms with Gasteiger partial charge >= 0.3 is 0 Å². The van der Waals surface area contributed by atoms with Gasteiger partial charge in [0.25, 0.3) is 0 Å². The van der Waals surface area contributed by atoms with Gasteiger partial charge < -0.3 is 14.6 Å². The number of hydrogen-bond donors (Lipinski definition) is 1. The molecule has 7 nitrogen and oxygen atoms in total. The lowest BCUT2D eigenvalue weighted by atomic mass is 9.85. The van der Waals surface area contributed by atoms with E-state index in [0.717, 1.165) is 36.6 Å². The fraction of sp³-hybridized carbons (Fsp3) is 0.429. The first-order valence-electron chi connectivity index (χ1n) is 9.66. The topological polar surface area (TPSA) is 84.2 Å². The van der Waals surface area contributed by atoms with E-state index in [0.29, 0.717) is 29.2 Å². The average Bonchev–Trinajstić information content (AvgIpc) is 3.14. The highest BCUT2D eigenvalue weighted by Crippen LogP contribution is 2.28. The predicted octanol–water partition coefficient (Wildman–Crippen LogP) is 3.65. The van der Waals surface area contributed by atoms with Gasteiger partial charge in [0.15, 0.2) is 11.7 Å². The molecule has 0 spiro atoms. The number of carbonyl (C=O) groups is 1. The number of hydrogen-bond acceptors (Lipinski definition) is 6. The molecule has 0 aromatic carbocycles. The Labute approximate surface area is 164 Å². The van der Waals surface area contributed by atoms with Crippen molar-refractivity contribution in [3.8, 4) is 11.5 Å². The standard InChI is InChI=1S/C21H25N5O2/c1-13-22-12-19(28-13)17-9-6-15-11-23-20(10-18(15)24-17)25-21(27)14-4-7-16(8-5-14)26(2)3/h6,9-12,14,16H,4-5,7-8H2,1-3H3,(H,23,25,27)/t14-,16+. The maximum absolute atomic E-state index is 12.7. The predicted molar refractivity (Wildman–Crippen MR) is 108 cm³/mol. The summed E-state index contributed by atoms with van der Waals surface area (Å²) < 4.78 is 5.56. The van der Waals surface area contributed by atoms with Crippen LogP contribution >= 0.6 is 0 Å². The summed E-state index contributed by atoms with van der Waals surface area (Å²) in [4.78, 5) is 28.0. The zero-order valence-corrected chi connectivity index (χ0v) is 16.5. The maximum atomic E-state index is 12.7. The van der Waals surface area contributed by atoms with Crippen LogP contribution in [0.25, 0.3) is 22.4 Å². The van der Waals surface area contributed by atoms with Crippen molar-refractivity contribution in [1.82, 2.24) is 19.9 Å². The molecule has 1 amide bonds. The number of carbonyl (C=O) groups excluding carboxylic acids is 1. The van der Waals surface area contributed by atoms with Crippen LogP contribution < -0.4 is 5.32 Å². The Bertz CT molecular complexity index is 989. The Morgan fingerprint density at radius 2 is 1.93 bits per heavy atom. The summed E-state index contributed by atoms with van der Waals surface area (Å²) in [6, 6.07) is 6.21. The Morgan fingerprint density at radius 1 is 1.14 bits per heavy atom. The zero-order chi connectivity index (χ0) is 19.7. The summed E-state index contributed by atoms with van der Waals surface area (Å²) in [6.45, 7) is 1.80. The fourth-order valence-corrected chi connectivity index (χ4v) is 3.78. The Kier molecular flexibility index (Phi) is 5.09. The molecule has 3 aromatic heterocycles. The van der Waals surface area contributed by atoms with Crippen molar-refractivity contribution in [2.75, 3.05) is 19.4 Å². The van der Waals surface area contributed by atoms with Crippen molar-refractivity contribution in [3.63, 3.8) is 0 Å². The van der Waals surface area contributed by atoms with E-state index in [4.69, 9.17) is 4.42 Å². The molecule has 3 heterocycles. The van der Waals surface area contributed by atoms with Gasteiger partial charge in [-0.15, -0.1) is 0 Å². The molecule has 0 radical (unpaired) electrons. The van der Waals surface area contributed by atoms with E-state index >= 15 is 0 Å². The van der Waals surface area contributed by atoms with Crippen LogP contribution in [0.5, 0.6) is 0 Å². The number of rotatable bonds is 4. The Balaban J connectivity index is 1.49. The molecule has 0 bridgehead atoms. The van der Waals surface area contributed by atoms with Gasteiger partial charge in [-0.3, -0.25) is 4.79 Å². The second kappa shape index (κ2) is 7.67. The summed E-state index contributed by atoms with van der Waals surface area (Å²) >= 11 is 0. The van der Waals surface area contributed by atoms with Crippen LogP contribution in [-0.4, -0.2) is 45.9 Å². The van der Waals surface area contributed by atoms with E-state index < -0.39 is 0 Å². The number of nitrogens with one attached hydrogen (secondary N) is 1. The fourth-order valence-electron chi connectivity index (χ4n) is 3.78. The summed E-state index contributed by atoms with van der Waals surface area (Å²) in [7, 11) is 4.21. The third kappa shape index (κ3) is 3.89. The van der Waals surface area contributed by atoms with E-state index in [1.54, 1.807) is 19.3 Å². The van der Waals surface area contributed by atoms with Crippen molar-refractivity contribution >= 4 is 22.6 Å². The molecule has 0 unspecified atom stereocenters. The van der Waals surface area contributed by atoms with E-state index in [9.17, 15) is 4.79 Å². The number of fused-ring (bicyclic) bond motifs is 1. The first kappa shape index (κ1) is 18.6. The highest BCUT2D eigenvalue weighted by molar-refractivity contribution is 5.93. The number of oxazole rings is 1. The van der Waals surface area contributed by atoms with E-state index in [1.807, 2.05) is 18.2 Å². The van der Waals surface area contributed by atoms with Crippen LogP contribution in [0.1, 0.15) is 31.6 Å². The van der Waals surface area contributed by atoms with Crippen LogP contribution in [-0.2, 0) is 4.79 Å². The number of nitrogens with zero attached hydrogens (tertiary/aromatic N) is 4. The second-order valence-corrected chi connectivity index (χ2v) is 7.66. The van der Waals surface area contributed by atoms with Gasteiger partial charge in [0.2, 0.25) is 5.91 Å². The van der Waals surface area contributed by atoms with E-state index in [-0.39, 0.29) is 11.8 Å². The SMILES string of the molecule is Cc1ncc(-c2ccc3cnc(NC(=O)[C@H]4CC[C@@H](N(C)C)CC4)cc3n2)o1. The molecule has 0 atom stereocenters. The number of pyridine rings is 2. The minimum atomic E-state index is 0.0464. The third-order valence-electron chi connectivity index (χ3n) is 5.50. The number of anilines is 1. The molecule has 146 valence electrons. The van der Waals surface area contributed by atoms with Gasteiger partial charge in [0.05, 0.1) is 11.7 Å². The highest BCUT2D eigenvalue weighted by Gasteiger charge is 2.27. The Hall–Kier alpha value is -2.80.